The van der Waals surface area contributed by atoms with Gasteiger partial charge in [0, 0.05) is 32.2 Å². The summed E-state index contributed by atoms with van der Waals surface area (Å²) in [5.41, 5.74) is 1.18. The number of piperazine rings is 1. The van der Waals surface area contributed by atoms with Crippen molar-refractivity contribution in [2.75, 3.05) is 26.2 Å². The fourth-order valence-corrected chi connectivity index (χ4v) is 3.45. The summed E-state index contributed by atoms with van der Waals surface area (Å²) in [5.74, 6) is 1.35. The molecule has 1 aromatic heterocycles. The first kappa shape index (κ1) is 18.0. The van der Waals surface area contributed by atoms with E-state index in [0.717, 1.165) is 32.6 Å². The van der Waals surface area contributed by atoms with Gasteiger partial charge in [-0.2, -0.15) is 0 Å². The van der Waals surface area contributed by atoms with E-state index in [0.29, 0.717) is 30.8 Å². The van der Waals surface area contributed by atoms with Crippen LogP contribution in [0.2, 0.25) is 0 Å². The fourth-order valence-electron chi connectivity index (χ4n) is 3.45. The Balaban J connectivity index is 1.54. The Morgan fingerprint density at radius 3 is 2.68 bits per heavy atom. The molecule has 2 aromatic rings. The summed E-state index contributed by atoms with van der Waals surface area (Å²) in [6.07, 6.45) is 1.47. The van der Waals surface area contributed by atoms with Crippen molar-refractivity contribution in [3.05, 3.63) is 47.7 Å². The minimum atomic E-state index is -0.280. The average Bonchev–Trinajstić information content (AvgIpc) is 3.03. The summed E-state index contributed by atoms with van der Waals surface area (Å²) in [5, 5.41) is 18.1. The molecule has 1 N–H and O–H groups in total. The van der Waals surface area contributed by atoms with Crippen LogP contribution in [-0.2, 0) is 13.0 Å². The number of aliphatic hydroxyl groups excluding tert-OH is 1. The van der Waals surface area contributed by atoms with Crippen LogP contribution in [0.15, 0.2) is 34.7 Å². The number of hydrogen-bond donors (Lipinski definition) is 1. The first-order valence-corrected chi connectivity index (χ1v) is 9.13. The molecule has 0 amide bonds. The molecule has 3 rings (SSSR count). The molecule has 0 aliphatic carbocycles. The van der Waals surface area contributed by atoms with E-state index < -0.39 is 0 Å². The highest BCUT2D eigenvalue weighted by Gasteiger charge is 2.27. The van der Waals surface area contributed by atoms with Gasteiger partial charge in [-0.1, -0.05) is 37.3 Å². The van der Waals surface area contributed by atoms with Gasteiger partial charge < -0.3 is 9.52 Å². The Morgan fingerprint density at radius 2 is 1.96 bits per heavy atom. The lowest BCUT2D eigenvalue weighted by Crippen LogP contribution is -2.54. The maximum absolute atomic E-state index is 9.65. The van der Waals surface area contributed by atoms with Crippen LogP contribution in [0.3, 0.4) is 0 Å². The maximum Gasteiger partial charge on any atom is 0.230 e. The fraction of sp³-hybridized carbons (Fsp3) is 0.579. The number of rotatable bonds is 7. The molecule has 2 atom stereocenters. The standard InChI is InChI=1S/C19H28N4O2/c1-3-17-13-22(9-10-23(17)12-15(2)24)14-19-21-20-18(25-19)11-16-7-5-4-6-8-16/h4-8,15,17,24H,3,9-14H2,1-2H3/t15-,17+/m1/s1. The zero-order chi connectivity index (χ0) is 17.6. The Morgan fingerprint density at radius 1 is 1.20 bits per heavy atom. The van der Waals surface area contributed by atoms with Crippen LogP contribution in [0.5, 0.6) is 0 Å². The predicted molar refractivity (Wildman–Crippen MR) is 96.2 cm³/mol. The zero-order valence-corrected chi connectivity index (χ0v) is 15.1. The Bertz CT molecular complexity index is 644. The SMILES string of the molecule is CC[C@H]1CN(Cc2nnc(Cc3ccccc3)o2)CCN1C[C@@H](C)O. The van der Waals surface area contributed by atoms with E-state index in [1.807, 2.05) is 25.1 Å². The summed E-state index contributed by atoms with van der Waals surface area (Å²) < 4.78 is 5.83. The summed E-state index contributed by atoms with van der Waals surface area (Å²) >= 11 is 0. The Labute approximate surface area is 149 Å². The van der Waals surface area contributed by atoms with Crippen molar-refractivity contribution in [3.8, 4) is 0 Å². The lowest BCUT2D eigenvalue weighted by atomic mass is 10.1. The molecule has 1 saturated heterocycles. The Hall–Kier alpha value is -1.76. The van der Waals surface area contributed by atoms with Gasteiger partial charge in [-0.05, 0) is 18.9 Å². The van der Waals surface area contributed by atoms with Gasteiger partial charge in [0.15, 0.2) is 0 Å². The monoisotopic (exact) mass is 344 g/mol. The molecule has 2 heterocycles. The second-order valence-electron chi connectivity index (χ2n) is 6.89. The predicted octanol–water partition coefficient (Wildman–Crippen LogP) is 1.94. The third kappa shape index (κ3) is 5.11. The number of aromatic nitrogens is 2. The molecule has 6 heteroatoms. The van der Waals surface area contributed by atoms with E-state index >= 15 is 0 Å². The second-order valence-corrected chi connectivity index (χ2v) is 6.89. The molecule has 0 unspecified atom stereocenters. The second kappa shape index (κ2) is 8.56. The van der Waals surface area contributed by atoms with Crippen molar-refractivity contribution >= 4 is 0 Å². The van der Waals surface area contributed by atoms with Crippen LogP contribution in [0.25, 0.3) is 0 Å². The van der Waals surface area contributed by atoms with E-state index in [-0.39, 0.29) is 6.10 Å². The van der Waals surface area contributed by atoms with Crippen LogP contribution in [0, 0.1) is 0 Å². The highest BCUT2D eigenvalue weighted by atomic mass is 16.4. The van der Waals surface area contributed by atoms with Crippen LogP contribution >= 0.6 is 0 Å². The highest BCUT2D eigenvalue weighted by Crippen LogP contribution is 2.16. The van der Waals surface area contributed by atoms with Crippen LogP contribution in [0.1, 0.15) is 37.6 Å². The number of hydrogen-bond acceptors (Lipinski definition) is 6. The van der Waals surface area contributed by atoms with Crippen molar-refractivity contribution in [2.45, 2.75) is 45.4 Å². The molecule has 136 valence electrons. The van der Waals surface area contributed by atoms with E-state index in [2.05, 4.69) is 39.1 Å². The normalized spacial score (nSPS) is 20.7. The minimum absolute atomic E-state index is 0.280. The zero-order valence-electron chi connectivity index (χ0n) is 15.1. The summed E-state index contributed by atoms with van der Waals surface area (Å²) in [7, 11) is 0. The largest absolute Gasteiger partial charge is 0.424 e. The van der Waals surface area contributed by atoms with Gasteiger partial charge in [0.05, 0.1) is 19.1 Å². The van der Waals surface area contributed by atoms with Crippen molar-refractivity contribution in [2.24, 2.45) is 0 Å². The van der Waals surface area contributed by atoms with Crippen LogP contribution in [-0.4, -0.2) is 63.4 Å². The van der Waals surface area contributed by atoms with Gasteiger partial charge >= 0.3 is 0 Å². The van der Waals surface area contributed by atoms with Gasteiger partial charge in [-0.15, -0.1) is 10.2 Å². The molecule has 0 spiro atoms. The van der Waals surface area contributed by atoms with Crippen LogP contribution in [0.4, 0.5) is 0 Å². The van der Waals surface area contributed by atoms with Gasteiger partial charge in [0.25, 0.3) is 0 Å². The molecule has 1 aliphatic heterocycles. The van der Waals surface area contributed by atoms with Crippen molar-refractivity contribution in [1.29, 1.82) is 0 Å². The third-order valence-electron chi connectivity index (χ3n) is 4.72. The van der Waals surface area contributed by atoms with Gasteiger partial charge in [0.1, 0.15) is 0 Å². The number of aliphatic hydroxyl groups is 1. The van der Waals surface area contributed by atoms with E-state index in [1.165, 1.54) is 5.56 Å². The Kier molecular flexibility index (Phi) is 6.18. The first-order valence-electron chi connectivity index (χ1n) is 9.13. The topological polar surface area (TPSA) is 65.6 Å². The molecule has 1 aliphatic rings. The van der Waals surface area contributed by atoms with Crippen LogP contribution < -0.4 is 0 Å². The summed E-state index contributed by atoms with van der Waals surface area (Å²) in [4.78, 5) is 4.75. The molecule has 6 nitrogen and oxygen atoms in total. The lowest BCUT2D eigenvalue weighted by Gasteiger charge is -2.41. The van der Waals surface area contributed by atoms with E-state index in [9.17, 15) is 5.11 Å². The van der Waals surface area contributed by atoms with Crippen molar-refractivity contribution in [3.63, 3.8) is 0 Å². The number of nitrogens with zero attached hydrogens (tertiary/aromatic N) is 4. The first-order chi connectivity index (χ1) is 12.1. The molecule has 25 heavy (non-hydrogen) atoms. The highest BCUT2D eigenvalue weighted by molar-refractivity contribution is 5.17. The van der Waals surface area contributed by atoms with Crippen molar-refractivity contribution in [1.82, 2.24) is 20.0 Å². The molecule has 1 aromatic carbocycles. The van der Waals surface area contributed by atoms with Crippen molar-refractivity contribution < 1.29 is 9.52 Å². The molecule has 0 saturated carbocycles. The third-order valence-corrected chi connectivity index (χ3v) is 4.72. The molecule has 1 fully saturated rings. The molecule has 0 radical (unpaired) electrons. The minimum Gasteiger partial charge on any atom is -0.424 e. The quantitative estimate of drug-likeness (QED) is 0.828. The lowest BCUT2D eigenvalue weighted by molar-refractivity contribution is 0.0308. The number of benzene rings is 1. The maximum atomic E-state index is 9.65. The summed E-state index contributed by atoms with van der Waals surface area (Å²) in [6.45, 7) is 8.39. The summed E-state index contributed by atoms with van der Waals surface area (Å²) in [6, 6.07) is 10.6. The number of β-amino-alcohol motifs (C(OH)–C–C–N with tert-alkyl or cyclic N) is 1. The van der Waals surface area contributed by atoms with E-state index in [4.69, 9.17) is 4.42 Å². The smallest absolute Gasteiger partial charge is 0.230 e. The molecular formula is C19H28N4O2. The van der Waals surface area contributed by atoms with Gasteiger partial charge in [0.2, 0.25) is 11.8 Å². The molecular weight excluding hydrogens is 316 g/mol. The average molecular weight is 344 g/mol. The van der Waals surface area contributed by atoms with Gasteiger partial charge in [-0.3, -0.25) is 9.80 Å². The van der Waals surface area contributed by atoms with E-state index in [1.54, 1.807) is 0 Å². The molecule has 0 bridgehead atoms. The van der Waals surface area contributed by atoms with Gasteiger partial charge in [-0.25, -0.2) is 0 Å².